The number of hydrogen-bond acceptors (Lipinski definition) is 1. The van der Waals surface area contributed by atoms with Crippen molar-refractivity contribution in [3.8, 4) is 0 Å². The standard InChI is InChI=1S/C12H8O.CH4/c1-3-7-11-9(5-1)10-6-2-4-8-12(10)13-11;/h1-8H;1H4. The number of furan rings is 1. The van der Waals surface area contributed by atoms with Gasteiger partial charge in [0.05, 0.1) is 0 Å². The van der Waals surface area contributed by atoms with E-state index < -0.39 is 0 Å². The van der Waals surface area contributed by atoms with Crippen LogP contribution in [0.5, 0.6) is 0 Å². The van der Waals surface area contributed by atoms with Crippen molar-refractivity contribution in [1.29, 1.82) is 0 Å². The minimum Gasteiger partial charge on any atom is -0.456 e. The summed E-state index contributed by atoms with van der Waals surface area (Å²) in [6.45, 7) is 0. The summed E-state index contributed by atoms with van der Waals surface area (Å²) < 4.78 is 5.65. The van der Waals surface area contributed by atoms with Crippen LogP contribution in [0.15, 0.2) is 52.9 Å². The first-order valence-electron chi connectivity index (χ1n) is 4.31. The van der Waals surface area contributed by atoms with Crippen LogP contribution in [0.3, 0.4) is 0 Å². The van der Waals surface area contributed by atoms with Crippen LogP contribution in [0.2, 0.25) is 0 Å². The maximum atomic E-state index is 5.65. The van der Waals surface area contributed by atoms with Gasteiger partial charge in [-0.15, -0.1) is 0 Å². The van der Waals surface area contributed by atoms with Crippen LogP contribution >= 0.6 is 0 Å². The number of fused-ring (bicyclic) bond motifs is 3. The molecule has 0 radical (unpaired) electrons. The van der Waals surface area contributed by atoms with Crippen molar-refractivity contribution >= 4 is 21.9 Å². The summed E-state index contributed by atoms with van der Waals surface area (Å²) in [6.07, 6.45) is 0. The number of para-hydroxylation sites is 2. The van der Waals surface area contributed by atoms with Gasteiger partial charge in [-0.2, -0.15) is 0 Å². The van der Waals surface area contributed by atoms with E-state index >= 15 is 0 Å². The Kier molecular flexibility index (Phi) is 2.01. The van der Waals surface area contributed by atoms with Gasteiger partial charge in [0.25, 0.3) is 0 Å². The quantitative estimate of drug-likeness (QED) is 0.509. The molecule has 3 aromatic rings. The van der Waals surface area contributed by atoms with Crippen LogP contribution in [0.1, 0.15) is 7.43 Å². The molecule has 3 rings (SSSR count). The minimum atomic E-state index is 0. The van der Waals surface area contributed by atoms with E-state index in [4.69, 9.17) is 4.42 Å². The number of rotatable bonds is 0. The maximum absolute atomic E-state index is 5.65. The van der Waals surface area contributed by atoms with Crippen molar-refractivity contribution in [3.05, 3.63) is 48.5 Å². The van der Waals surface area contributed by atoms with Crippen LogP contribution in [0.25, 0.3) is 21.9 Å². The average molecular weight is 184 g/mol. The second kappa shape index (κ2) is 3.18. The third-order valence-corrected chi connectivity index (χ3v) is 2.28. The van der Waals surface area contributed by atoms with Crippen LogP contribution < -0.4 is 0 Å². The Balaban J connectivity index is 0.000000750. The van der Waals surface area contributed by atoms with Gasteiger partial charge in [-0.3, -0.25) is 0 Å². The molecule has 1 aromatic heterocycles. The highest BCUT2D eigenvalue weighted by Crippen LogP contribution is 2.27. The zero-order valence-corrected chi connectivity index (χ0v) is 7.03. The van der Waals surface area contributed by atoms with Crippen LogP contribution in [0.4, 0.5) is 0 Å². The van der Waals surface area contributed by atoms with Crippen molar-refractivity contribution < 1.29 is 4.42 Å². The Labute approximate surface area is 83.0 Å². The molecule has 0 bridgehead atoms. The van der Waals surface area contributed by atoms with Crippen molar-refractivity contribution in [3.63, 3.8) is 0 Å². The van der Waals surface area contributed by atoms with Gasteiger partial charge in [0.2, 0.25) is 0 Å². The first-order chi connectivity index (χ1) is 6.45. The van der Waals surface area contributed by atoms with Gasteiger partial charge in [0.15, 0.2) is 0 Å². The molecule has 0 unspecified atom stereocenters. The lowest BCUT2D eigenvalue weighted by atomic mass is 10.2. The number of hydrogen-bond donors (Lipinski definition) is 0. The van der Waals surface area contributed by atoms with Gasteiger partial charge in [-0.25, -0.2) is 0 Å². The molecule has 0 aliphatic heterocycles. The lowest BCUT2D eigenvalue weighted by molar-refractivity contribution is 0.669. The molecule has 1 heterocycles. The Bertz CT molecular complexity index is 513. The zero-order valence-electron chi connectivity index (χ0n) is 7.03. The molecule has 0 amide bonds. The molecule has 0 aliphatic rings. The fraction of sp³-hybridized carbons (Fsp3) is 0.0769. The normalized spacial score (nSPS) is 10.3. The van der Waals surface area contributed by atoms with Crippen LogP contribution in [0, 0.1) is 0 Å². The topological polar surface area (TPSA) is 13.1 Å². The molecule has 1 nitrogen and oxygen atoms in total. The molecule has 0 N–H and O–H groups in total. The molecule has 0 saturated carbocycles. The Hall–Kier alpha value is -1.76. The summed E-state index contributed by atoms with van der Waals surface area (Å²) in [5.74, 6) is 0. The van der Waals surface area contributed by atoms with Gasteiger partial charge < -0.3 is 4.42 Å². The molecule has 70 valence electrons. The highest BCUT2D eigenvalue weighted by Gasteiger charge is 2.02. The molecule has 14 heavy (non-hydrogen) atoms. The fourth-order valence-electron chi connectivity index (χ4n) is 1.67. The maximum Gasteiger partial charge on any atom is 0.135 e. The second-order valence-electron chi connectivity index (χ2n) is 3.09. The van der Waals surface area contributed by atoms with Crippen molar-refractivity contribution in [2.24, 2.45) is 0 Å². The summed E-state index contributed by atoms with van der Waals surface area (Å²) in [4.78, 5) is 0. The minimum absolute atomic E-state index is 0. The molecule has 1 heteroatoms. The van der Waals surface area contributed by atoms with E-state index in [2.05, 4.69) is 12.1 Å². The van der Waals surface area contributed by atoms with Gasteiger partial charge in [0.1, 0.15) is 11.2 Å². The van der Waals surface area contributed by atoms with E-state index in [1.807, 2.05) is 36.4 Å². The van der Waals surface area contributed by atoms with Gasteiger partial charge in [0, 0.05) is 10.8 Å². The molecule has 0 saturated heterocycles. The predicted octanol–water partition coefficient (Wildman–Crippen LogP) is 4.22. The SMILES string of the molecule is C.c1ccc2c(c1)oc1ccccc12. The molecule has 0 aliphatic carbocycles. The van der Waals surface area contributed by atoms with E-state index in [0.29, 0.717) is 0 Å². The van der Waals surface area contributed by atoms with E-state index in [1.165, 1.54) is 10.8 Å². The molecular weight excluding hydrogens is 172 g/mol. The van der Waals surface area contributed by atoms with Gasteiger partial charge >= 0.3 is 0 Å². The molecular formula is C13H12O. The summed E-state index contributed by atoms with van der Waals surface area (Å²) >= 11 is 0. The molecule has 0 atom stereocenters. The fourth-order valence-corrected chi connectivity index (χ4v) is 1.67. The van der Waals surface area contributed by atoms with Crippen LogP contribution in [-0.2, 0) is 0 Å². The molecule has 2 aromatic carbocycles. The Morgan fingerprint density at radius 2 is 1.07 bits per heavy atom. The average Bonchev–Trinajstić information content (AvgIpc) is 2.56. The summed E-state index contributed by atoms with van der Waals surface area (Å²) in [5.41, 5.74) is 1.92. The van der Waals surface area contributed by atoms with E-state index in [1.54, 1.807) is 0 Å². The Morgan fingerprint density at radius 3 is 1.57 bits per heavy atom. The van der Waals surface area contributed by atoms with Crippen molar-refractivity contribution in [2.75, 3.05) is 0 Å². The molecule has 0 fully saturated rings. The predicted molar refractivity (Wildman–Crippen MR) is 60.5 cm³/mol. The summed E-state index contributed by atoms with van der Waals surface area (Å²) in [6, 6.07) is 16.2. The smallest absolute Gasteiger partial charge is 0.135 e. The number of benzene rings is 2. The van der Waals surface area contributed by atoms with E-state index in [-0.39, 0.29) is 7.43 Å². The lowest BCUT2D eigenvalue weighted by Gasteiger charge is -1.85. The Morgan fingerprint density at radius 1 is 0.643 bits per heavy atom. The first kappa shape index (κ1) is 8.82. The third-order valence-electron chi connectivity index (χ3n) is 2.28. The molecule has 0 spiro atoms. The van der Waals surface area contributed by atoms with Gasteiger partial charge in [-0.1, -0.05) is 43.8 Å². The monoisotopic (exact) mass is 184 g/mol. The van der Waals surface area contributed by atoms with E-state index in [0.717, 1.165) is 11.2 Å². The van der Waals surface area contributed by atoms with Gasteiger partial charge in [-0.05, 0) is 12.1 Å². The zero-order chi connectivity index (χ0) is 8.67. The highest BCUT2D eigenvalue weighted by atomic mass is 16.3. The second-order valence-corrected chi connectivity index (χ2v) is 3.09. The lowest BCUT2D eigenvalue weighted by Crippen LogP contribution is -1.62. The van der Waals surface area contributed by atoms with Crippen molar-refractivity contribution in [2.45, 2.75) is 7.43 Å². The van der Waals surface area contributed by atoms with Crippen LogP contribution in [-0.4, -0.2) is 0 Å². The largest absolute Gasteiger partial charge is 0.456 e. The highest BCUT2D eigenvalue weighted by molar-refractivity contribution is 6.04. The first-order valence-corrected chi connectivity index (χ1v) is 4.31. The van der Waals surface area contributed by atoms with Crippen molar-refractivity contribution in [1.82, 2.24) is 0 Å². The van der Waals surface area contributed by atoms with E-state index in [9.17, 15) is 0 Å². The third kappa shape index (κ3) is 1.10. The summed E-state index contributed by atoms with van der Waals surface area (Å²) in [7, 11) is 0. The summed E-state index contributed by atoms with van der Waals surface area (Å²) in [5, 5.41) is 2.39.